The molecule has 1 aliphatic heterocycles. The van der Waals surface area contributed by atoms with E-state index < -0.39 is 0 Å². The van der Waals surface area contributed by atoms with Gasteiger partial charge in [-0.3, -0.25) is 14.2 Å². The lowest BCUT2D eigenvalue weighted by Crippen LogP contribution is -2.50. The van der Waals surface area contributed by atoms with Crippen molar-refractivity contribution < 1.29 is 9.53 Å². The predicted molar refractivity (Wildman–Crippen MR) is 137 cm³/mol. The van der Waals surface area contributed by atoms with Gasteiger partial charge in [0, 0.05) is 31.7 Å². The number of piperazine rings is 1. The number of anilines is 1. The minimum absolute atomic E-state index is 0.0133. The summed E-state index contributed by atoms with van der Waals surface area (Å²) in [5, 5.41) is 0. The molecule has 7 heteroatoms. The van der Waals surface area contributed by atoms with E-state index in [4.69, 9.17) is 9.72 Å². The number of carbonyl (C=O) groups excluding carboxylic acids is 1. The Labute approximate surface area is 204 Å². The molecule has 2 heterocycles. The first-order valence-corrected chi connectivity index (χ1v) is 11.9. The largest absolute Gasteiger partial charge is 0.494 e. The number of fused-ring (bicyclic) bond motifs is 1. The summed E-state index contributed by atoms with van der Waals surface area (Å²) in [6, 6.07) is 24.9. The van der Waals surface area contributed by atoms with Crippen LogP contribution >= 0.6 is 0 Å². The second-order valence-corrected chi connectivity index (χ2v) is 8.54. The van der Waals surface area contributed by atoms with E-state index in [0.717, 1.165) is 22.3 Å². The number of hydrogen-bond donors (Lipinski definition) is 0. The van der Waals surface area contributed by atoms with Crippen LogP contribution in [0, 0.1) is 0 Å². The van der Waals surface area contributed by atoms with Crippen molar-refractivity contribution in [3.63, 3.8) is 0 Å². The lowest BCUT2D eigenvalue weighted by Gasteiger charge is -2.35. The summed E-state index contributed by atoms with van der Waals surface area (Å²) in [6.07, 6.45) is 0. The molecule has 0 unspecified atom stereocenters. The average molecular weight is 469 g/mol. The highest BCUT2D eigenvalue weighted by molar-refractivity contribution is 5.94. The van der Waals surface area contributed by atoms with E-state index in [1.165, 1.54) is 0 Å². The van der Waals surface area contributed by atoms with Crippen molar-refractivity contribution in [1.29, 1.82) is 0 Å². The van der Waals surface area contributed by atoms with Crippen molar-refractivity contribution >= 4 is 22.8 Å². The summed E-state index contributed by atoms with van der Waals surface area (Å²) in [5.41, 5.74) is 3.18. The maximum absolute atomic E-state index is 13.6. The van der Waals surface area contributed by atoms with Gasteiger partial charge in [-0.25, -0.2) is 4.98 Å². The van der Waals surface area contributed by atoms with E-state index >= 15 is 0 Å². The molecule has 4 aromatic rings. The second-order valence-electron chi connectivity index (χ2n) is 8.54. The molecule has 1 aromatic heterocycles. The highest BCUT2D eigenvalue weighted by atomic mass is 16.5. The monoisotopic (exact) mass is 468 g/mol. The fourth-order valence-corrected chi connectivity index (χ4v) is 4.47. The highest BCUT2D eigenvalue weighted by Crippen LogP contribution is 2.19. The Balaban J connectivity index is 1.36. The minimum atomic E-state index is -0.112. The number of aromatic nitrogens is 2. The number of hydrogen-bond acceptors (Lipinski definition) is 5. The van der Waals surface area contributed by atoms with Crippen molar-refractivity contribution in [3.8, 4) is 5.75 Å². The summed E-state index contributed by atoms with van der Waals surface area (Å²) in [4.78, 5) is 35.1. The third-order valence-corrected chi connectivity index (χ3v) is 6.30. The first-order valence-electron chi connectivity index (χ1n) is 11.9. The maximum Gasteiger partial charge on any atom is 0.294 e. The molecule has 0 bridgehead atoms. The molecule has 35 heavy (non-hydrogen) atoms. The number of carbonyl (C=O) groups is 1. The molecule has 1 saturated heterocycles. The molecule has 1 amide bonds. The van der Waals surface area contributed by atoms with E-state index in [1.54, 1.807) is 16.7 Å². The molecule has 0 radical (unpaired) electrons. The standard InChI is InChI=1S/C28H28N4O3/c1-2-35-23-14-12-22(13-15-23)27(33)31-18-16-30(17-19-31)26-28(34)32(20-21-8-4-3-5-9-21)25-11-7-6-10-24(25)29-26/h3-15H,2,16-20H2,1H3. The highest BCUT2D eigenvalue weighted by Gasteiger charge is 2.25. The van der Waals surface area contributed by atoms with Crippen molar-refractivity contribution in [1.82, 2.24) is 14.5 Å². The number of nitrogens with zero attached hydrogens (tertiary/aromatic N) is 4. The fourth-order valence-electron chi connectivity index (χ4n) is 4.47. The maximum atomic E-state index is 13.6. The zero-order valence-corrected chi connectivity index (χ0v) is 19.8. The van der Waals surface area contributed by atoms with Crippen molar-refractivity contribution in [2.75, 3.05) is 37.7 Å². The number of benzene rings is 3. The quantitative estimate of drug-likeness (QED) is 0.431. The Bertz CT molecular complexity index is 1380. The van der Waals surface area contributed by atoms with Gasteiger partial charge < -0.3 is 14.5 Å². The summed E-state index contributed by atoms with van der Waals surface area (Å²) in [6.45, 7) is 5.15. The Kier molecular flexibility index (Phi) is 6.48. The molecule has 5 rings (SSSR count). The summed E-state index contributed by atoms with van der Waals surface area (Å²) < 4.78 is 7.26. The molecule has 178 valence electrons. The Morgan fingerprint density at radius 1 is 0.886 bits per heavy atom. The molecule has 0 saturated carbocycles. The van der Waals surface area contributed by atoms with Crippen molar-refractivity contribution in [3.05, 3.63) is 100 Å². The zero-order chi connectivity index (χ0) is 24.2. The molecule has 3 aromatic carbocycles. The van der Waals surface area contributed by atoms with E-state index in [0.29, 0.717) is 50.7 Å². The van der Waals surface area contributed by atoms with Crippen LogP contribution < -0.4 is 15.2 Å². The van der Waals surface area contributed by atoms with Gasteiger partial charge in [-0.15, -0.1) is 0 Å². The fraction of sp³-hybridized carbons (Fsp3) is 0.250. The van der Waals surface area contributed by atoms with Gasteiger partial charge in [0.1, 0.15) is 5.75 Å². The lowest BCUT2D eigenvalue weighted by atomic mass is 10.1. The Morgan fingerprint density at radius 2 is 1.57 bits per heavy atom. The van der Waals surface area contributed by atoms with Gasteiger partial charge in [0.05, 0.1) is 24.2 Å². The van der Waals surface area contributed by atoms with Gasteiger partial charge in [-0.1, -0.05) is 42.5 Å². The topological polar surface area (TPSA) is 67.7 Å². The summed E-state index contributed by atoms with van der Waals surface area (Å²) in [7, 11) is 0. The third kappa shape index (κ3) is 4.75. The molecule has 7 nitrogen and oxygen atoms in total. The average Bonchev–Trinajstić information content (AvgIpc) is 2.91. The van der Waals surface area contributed by atoms with Crippen LogP contribution in [0.4, 0.5) is 5.82 Å². The van der Waals surface area contributed by atoms with Crippen LogP contribution in [0.15, 0.2) is 83.7 Å². The molecular formula is C28H28N4O3. The Hall–Kier alpha value is -4.13. The van der Waals surface area contributed by atoms with Crippen LogP contribution in [-0.4, -0.2) is 53.1 Å². The number of amides is 1. The van der Waals surface area contributed by atoms with Crippen molar-refractivity contribution in [2.24, 2.45) is 0 Å². The molecule has 0 aliphatic carbocycles. The first kappa shape index (κ1) is 22.7. The Morgan fingerprint density at radius 3 is 2.29 bits per heavy atom. The van der Waals surface area contributed by atoms with E-state index in [1.807, 2.05) is 83.5 Å². The normalized spacial score (nSPS) is 13.7. The van der Waals surface area contributed by atoms with Crippen LogP contribution in [0.1, 0.15) is 22.8 Å². The molecule has 0 atom stereocenters. The van der Waals surface area contributed by atoms with E-state index in [9.17, 15) is 9.59 Å². The van der Waals surface area contributed by atoms with Crippen LogP contribution in [0.5, 0.6) is 5.75 Å². The molecule has 1 aliphatic rings. The van der Waals surface area contributed by atoms with Gasteiger partial charge in [-0.2, -0.15) is 0 Å². The SMILES string of the molecule is CCOc1ccc(C(=O)N2CCN(c3nc4ccccc4n(Cc4ccccc4)c3=O)CC2)cc1. The summed E-state index contributed by atoms with van der Waals surface area (Å²) in [5.74, 6) is 1.18. The predicted octanol–water partition coefficient (Wildman–Crippen LogP) is 3.81. The summed E-state index contributed by atoms with van der Waals surface area (Å²) >= 11 is 0. The molecule has 0 N–H and O–H groups in total. The smallest absolute Gasteiger partial charge is 0.294 e. The van der Waals surface area contributed by atoms with Gasteiger partial charge >= 0.3 is 0 Å². The first-order chi connectivity index (χ1) is 17.1. The minimum Gasteiger partial charge on any atom is -0.494 e. The number of ether oxygens (including phenoxy) is 1. The van der Waals surface area contributed by atoms with Crippen LogP contribution in [0.3, 0.4) is 0 Å². The number of para-hydroxylation sites is 2. The van der Waals surface area contributed by atoms with Gasteiger partial charge in [0.15, 0.2) is 5.82 Å². The van der Waals surface area contributed by atoms with E-state index in [2.05, 4.69) is 0 Å². The van der Waals surface area contributed by atoms with E-state index in [-0.39, 0.29) is 11.5 Å². The number of rotatable bonds is 6. The second kappa shape index (κ2) is 10.0. The van der Waals surface area contributed by atoms with Gasteiger partial charge in [0.2, 0.25) is 0 Å². The zero-order valence-electron chi connectivity index (χ0n) is 19.8. The van der Waals surface area contributed by atoms with Crippen LogP contribution in [0.2, 0.25) is 0 Å². The van der Waals surface area contributed by atoms with Gasteiger partial charge in [0.25, 0.3) is 11.5 Å². The molecular weight excluding hydrogens is 440 g/mol. The lowest BCUT2D eigenvalue weighted by molar-refractivity contribution is 0.0746. The van der Waals surface area contributed by atoms with Crippen LogP contribution in [0.25, 0.3) is 11.0 Å². The molecule has 1 fully saturated rings. The molecule has 0 spiro atoms. The third-order valence-electron chi connectivity index (χ3n) is 6.30. The van der Waals surface area contributed by atoms with Gasteiger partial charge in [-0.05, 0) is 48.9 Å². The van der Waals surface area contributed by atoms with Crippen LogP contribution in [-0.2, 0) is 6.54 Å². The van der Waals surface area contributed by atoms with Crippen molar-refractivity contribution in [2.45, 2.75) is 13.5 Å².